The Balaban J connectivity index is 1.45. The lowest BCUT2D eigenvalue weighted by atomic mass is 10.0. The van der Waals surface area contributed by atoms with Crippen molar-refractivity contribution in [3.05, 3.63) is 46.2 Å². The molecular weight excluding hydrogens is 292 g/mol. The molecule has 2 aromatic rings. The van der Waals surface area contributed by atoms with Crippen LogP contribution in [0.3, 0.4) is 0 Å². The van der Waals surface area contributed by atoms with E-state index in [-0.39, 0.29) is 0 Å². The summed E-state index contributed by atoms with van der Waals surface area (Å²) in [5.74, 6) is 0. The predicted molar refractivity (Wildman–Crippen MR) is 90.9 cm³/mol. The van der Waals surface area contributed by atoms with Gasteiger partial charge in [-0.15, -0.1) is 11.3 Å². The van der Waals surface area contributed by atoms with Crippen LogP contribution in [0.15, 0.2) is 29.8 Å². The minimum atomic E-state index is 0.345. The van der Waals surface area contributed by atoms with Crippen molar-refractivity contribution in [2.75, 3.05) is 13.1 Å². The van der Waals surface area contributed by atoms with E-state index in [1.54, 1.807) is 11.3 Å². The average molecular weight is 316 g/mol. The van der Waals surface area contributed by atoms with Gasteiger partial charge in [0, 0.05) is 43.3 Å². The first kappa shape index (κ1) is 15.6. The third-order valence-electron chi connectivity index (χ3n) is 4.27. The summed E-state index contributed by atoms with van der Waals surface area (Å²) in [6.07, 6.45) is 4.27. The molecule has 1 fully saturated rings. The molecule has 5 heteroatoms. The topological polar surface area (TPSA) is 41.1 Å². The van der Waals surface area contributed by atoms with Gasteiger partial charge in [0.15, 0.2) is 0 Å². The Hall–Kier alpha value is -1.30. The lowest BCUT2D eigenvalue weighted by molar-refractivity contribution is 0.183. The van der Waals surface area contributed by atoms with Crippen LogP contribution >= 0.6 is 11.3 Å². The van der Waals surface area contributed by atoms with Crippen molar-refractivity contribution in [1.29, 1.82) is 0 Å². The zero-order valence-electron chi connectivity index (χ0n) is 13.3. The van der Waals surface area contributed by atoms with E-state index in [2.05, 4.69) is 51.5 Å². The first-order valence-corrected chi connectivity index (χ1v) is 8.89. The Morgan fingerprint density at radius 2 is 2.18 bits per heavy atom. The van der Waals surface area contributed by atoms with Crippen LogP contribution < -0.4 is 5.32 Å². The molecule has 0 saturated carbocycles. The second kappa shape index (κ2) is 7.31. The summed E-state index contributed by atoms with van der Waals surface area (Å²) in [6, 6.07) is 7.08. The van der Waals surface area contributed by atoms with Gasteiger partial charge < -0.3 is 5.32 Å². The van der Waals surface area contributed by atoms with E-state index in [0.29, 0.717) is 12.1 Å². The van der Waals surface area contributed by atoms with Crippen LogP contribution in [0.1, 0.15) is 42.2 Å². The number of nitrogens with zero attached hydrogens (tertiary/aromatic N) is 3. The molecule has 1 N–H and O–H groups in total. The fourth-order valence-electron chi connectivity index (χ4n) is 3.00. The molecule has 4 nitrogen and oxygen atoms in total. The van der Waals surface area contributed by atoms with Crippen LogP contribution in [-0.2, 0) is 6.54 Å². The van der Waals surface area contributed by atoms with Gasteiger partial charge in [0.1, 0.15) is 0 Å². The molecule has 1 aliphatic heterocycles. The van der Waals surface area contributed by atoms with Crippen molar-refractivity contribution in [3.63, 3.8) is 0 Å². The van der Waals surface area contributed by atoms with Gasteiger partial charge in [-0.25, -0.2) is 4.98 Å². The van der Waals surface area contributed by atoms with Crippen molar-refractivity contribution in [2.45, 2.75) is 45.3 Å². The normalized spacial score (nSPS) is 18.5. The molecule has 0 spiro atoms. The van der Waals surface area contributed by atoms with Crippen molar-refractivity contribution < 1.29 is 0 Å². The van der Waals surface area contributed by atoms with Crippen LogP contribution in [0, 0.1) is 6.92 Å². The fourth-order valence-corrected chi connectivity index (χ4v) is 3.70. The zero-order chi connectivity index (χ0) is 15.4. The monoisotopic (exact) mass is 316 g/mol. The Bertz CT molecular complexity index is 575. The van der Waals surface area contributed by atoms with Gasteiger partial charge in [-0.3, -0.25) is 9.88 Å². The zero-order valence-corrected chi connectivity index (χ0v) is 14.1. The summed E-state index contributed by atoms with van der Waals surface area (Å²) in [7, 11) is 0. The van der Waals surface area contributed by atoms with Gasteiger partial charge in [0.05, 0.1) is 16.4 Å². The van der Waals surface area contributed by atoms with Crippen LogP contribution in [0.25, 0.3) is 0 Å². The number of hydrogen-bond donors (Lipinski definition) is 1. The van der Waals surface area contributed by atoms with E-state index in [1.807, 2.05) is 12.3 Å². The number of rotatable bonds is 5. The lowest BCUT2D eigenvalue weighted by Gasteiger charge is -2.33. The van der Waals surface area contributed by atoms with Crippen LogP contribution in [-0.4, -0.2) is 34.0 Å². The summed E-state index contributed by atoms with van der Waals surface area (Å²) in [4.78, 5) is 11.5. The van der Waals surface area contributed by atoms with Crippen molar-refractivity contribution >= 4 is 11.3 Å². The van der Waals surface area contributed by atoms with E-state index in [9.17, 15) is 0 Å². The van der Waals surface area contributed by atoms with Gasteiger partial charge >= 0.3 is 0 Å². The standard InChI is InChI=1S/C17H24N4S/c1-13(17-12-22-14(2)20-17)19-15-6-9-21(10-7-15)11-16-5-3-4-8-18-16/h3-5,8,12-13,15,19H,6-7,9-11H2,1-2H3. The molecule has 0 aromatic carbocycles. The Labute approximate surface area is 136 Å². The highest BCUT2D eigenvalue weighted by atomic mass is 32.1. The quantitative estimate of drug-likeness (QED) is 0.920. The number of pyridine rings is 1. The average Bonchev–Trinajstić information content (AvgIpc) is 2.97. The van der Waals surface area contributed by atoms with Crippen molar-refractivity contribution in [3.8, 4) is 0 Å². The van der Waals surface area contributed by atoms with Crippen LogP contribution in [0.2, 0.25) is 0 Å². The second-order valence-electron chi connectivity index (χ2n) is 6.05. The molecule has 1 aliphatic rings. The number of nitrogens with one attached hydrogen (secondary N) is 1. The molecule has 1 atom stereocenters. The summed E-state index contributed by atoms with van der Waals surface area (Å²) in [5, 5.41) is 7.05. The Morgan fingerprint density at radius 3 is 2.82 bits per heavy atom. The molecule has 0 amide bonds. The van der Waals surface area contributed by atoms with E-state index >= 15 is 0 Å². The maximum atomic E-state index is 4.58. The lowest BCUT2D eigenvalue weighted by Crippen LogP contribution is -2.43. The number of likely N-dealkylation sites (tertiary alicyclic amines) is 1. The number of piperidine rings is 1. The highest BCUT2D eigenvalue weighted by molar-refractivity contribution is 7.09. The van der Waals surface area contributed by atoms with Crippen LogP contribution in [0.5, 0.6) is 0 Å². The number of aromatic nitrogens is 2. The van der Waals surface area contributed by atoms with E-state index in [1.165, 1.54) is 24.2 Å². The van der Waals surface area contributed by atoms with Gasteiger partial charge in [-0.2, -0.15) is 0 Å². The number of thiazole rings is 1. The third kappa shape index (κ3) is 4.12. The van der Waals surface area contributed by atoms with Gasteiger partial charge in [0.2, 0.25) is 0 Å². The molecular formula is C17H24N4S. The van der Waals surface area contributed by atoms with E-state index < -0.39 is 0 Å². The molecule has 0 bridgehead atoms. The van der Waals surface area contributed by atoms with Gasteiger partial charge in [-0.05, 0) is 38.8 Å². The molecule has 22 heavy (non-hydrogen) atoms. The molecule has 0 radical (unpaired) electrons. The number of hydrogen-bond acceptors (Lipinski definition) is 5. The fraction of sp³-hybridized carbons (Fsp3) is 0.529. The van der Waals surface area contributed by atoms with Gasteiger partial charge in [0.25, 0.3) is 0 Å². The van der Waals surface area contributed by atoms with Gasteiger partial charge in [-0.1, -0.05) is 6.07 Å². The first-order valence-electron chi connectivity index (χ1n) is 8.01. The largest absolute Gasteiger partial charge is 0.306 e. The second-order valence-corrected chi connectivity index (χ2v) is 7.11. The summed E-state index contributed by atoms with van der Waals surface area (Å²) in [5.41, 5.74) is 2.35. The number of aryl methyl sites for hydroxylation is 1. The highest BCUT2D eigenvalue weighted by Gasteiger charge is 2.21. The molecule has 1 saturated heterocycles. The smallest absolute Gasteiger partial charge is 0.0898 e. The minimum Gasteiger partial charge on any atom is -0.306 e. The molecule has 2 aromatic heterocycles. The molecule has 3 heterocycles. The minimum absolute atomic E-state index is 0.345. The maximum absolute atomic E-state index is 4.58. The summed E-state index contributed by atoms with van der Waals surface area (Å²) in [6.45, 7) is 7.52. The summed E-state index contributed by atoms with van der Waals surface area (Å²) >= 11 is 1.73. The Morgan fingerprint density at radius 1 is 1.36 bits per heavy atom. The van der Waals surface area contributed by atoms with E-state index in [4.69, 9.17) is 0 Å². The van der Waals surface area contributed by atoms with Crippen molar-refractivity contribution in [2.24, 2.45) is 0 Å². The molecule has 118 valence electrons. The van der Waals surface area contributed by atoms with E-state index in [0.717, 1.165) is 24.6 Å². The highest BCUT2D eigenvalue weighted by Crippen LogP contribution is 2.19. The van der Waals surface area contributed by atoms with Crippen molar-refractivity contribution in [1.82, 2.24) is 20.2 Å². The SMILES string of the molecule is Cc1nc(C(C)NC2CCN(Cc3ccccn3)CC2)cs1. The molecule has 3 rings (SSSR count). The Kier molecular flexibility index (Phi) is 5.18. The first-order chi connectivity index (χ1) is 10.7. The summed E-state index contributed by atoms with van der Waals surface area (Å²) < 4.78 is 0. The molecule has 1 unspecified atom stereocenters. The van der Waals surface area contributed by atoms with Crippen LogP contribution in [0.4, 0.5) is 0 Å². The maximum Gasteiger partial charge on any atom is 0.0898 e. The molecule has 0 aliphatic carbocycles. The predicted octanol–water partition coefficient (Wildman–Crippen LogP) is 3.16. The third-order valence-corrected chi connectivity index (χ3v) is 5.06.